The topological polar surface area (TPSA) is 52.3 Å². The molecule has 1 rings (SSSR count). The van der Waals surface area contributed by atoms with Gasteiger partial charge in [-0.2, -0.15) is 0 Å². The smallest absolute Gasteiger partial charge is 0.126 e. The average molecular weight is 245 g/mol. The van der Waals surface area contributed by atoms with Gasteiger partial charge in [-0.3, -0.25) is 4.21 Å². The zero-order valence-corrected chi connectivity index (χ0v) is 10.2. The van der Waals surface area contributed by atoms with E-state index in [2.05, 4.69) is 0 Å². The maximum Gasteiger partial charge on any atom is 0.126 e. The molecule has 0 fully saturated rings. The monoisotopic (exact) mass is 245 g/mol. The lowest BCUT2D eigenvalue weighted by atomic mass is 10.3. The van der Waals surface area contributed by atoms with Crippen LogP contribution in [0, 0.1) is 5.82 Å². The van der Waals surface area contributed by atoms with Crippen molar-refractivity contribution in [3.05, 3.63) is 24.0 Å². The molecule has 1 aromatic carbocycles. The number of ether oxygens (including phenoxy) is 1. The molecule has 0 aliphatic rings. The predicted molar refractivity (Wildman–Crippen MR) is 63.2 cm³/mol. The van der Waals surface area contributed by atoms with E-state index >= 15 is 0 Å². The van der Waals surface area contributed by atoms with Crippen molar-refractivity contribution < 1.29 is 13.3 Å². The normalized spacial score (nSPS) is 13.0. The summed E-state index contributed by atoms with van der Waals surface area (Å²) in [5.74, 6) is -0.116. The molecule has 0 saturated heterocycles. The maximum absolute atomic E-state index is 13.0. The average Bonchev–Trinajstić information content (AvgIpc) is 2.15. The third-order valence-corrected chi connectivity index (χ3v) is 3.18. The minimum absolute atomic E-state index is 0.106. The molecule has 16 heavy (non-hydrogen) atoms. The third kappa shape index (κ3) is 4.28. The molecule has 90 valence electrons. The van der Waals surface area contributed by atoms with Crippen molar-refractivity contribution in [3.8, 4) is 0 Å². The Labute approximate surface area is 97.2 Å². The van der Waals surface area contributed by atoms with Crippen molar-refractivity contribution in [1.29, 1.82) is 0 Å². The molecule has 0 bridgehead atoms. The van der Waals surface area contributed by atoms with E-state index < -0.39 is 16.6 Å². The first kappa shape index (κ1) is 13.1. The molecule has 0 aliphatic carbocycles. The summed E-state index contributed by atoms with van der Waals surface area (Å²) >= 11 is 0. The molecule has 3 nitrogen and oxygen atoms in total. The van der Waals surface area contributed by atoms with Crippen LogP contribution in [0.15, 0.2) is 23.1 Å². The Kier molecular flexibility index (Phi) is 4.89. The lowest BCUT2D eigenvalue weighted by Crippen LogP contribution is -2.11. The molecule has 1 unspecified atom stereocenters. The highest BCUT2D eigenvalue weighted by Gasteiger charge is 2.07. The van der Waals surface area contributed by atoms with E-state index in [1.165, 1.54) is 18.2 Å². The summed E-state index contributed by atoms with van der Waals surface area (Å²) in [6, 6.07) is 3.96. The van der Waals surface area contributed by atoms with Gasteiger partial charge in [-0.25, -0.2) is 4.39 Å². The number of halogens is 1. The number of rotatable bonds is 5. The van der Waals surface area contributed by atoms with Crippen molar-refractivity contribution in [2.24, 2.45) is 0 Å². The van der Waals surface area contributed by atoms with E-state index in [4.69, 9.17) is 10.5 Å². The fourth-order valence-corrected chi connectivity index (χ4v) is 2.19. The predicted octanol–water partition coefficient (Wildman–Crippen LogP) is 1.94. The molecule has 1 aromatic rings. The standard InChI is InChI=1S/C11H16FNO2S/c1-8(2)15-3-4-16(14)11-6-9(12)5-10(13)7-11/h5-8H,3-4,13H2,1-2H3. The van der Waals surface area contributed by atoms with Crippen LogP contribution in [0.1, 0.15) is 13.8 Å². The van der Waals surface area contributed by atoms with E-state index in [-0.39, 0.29) is 11.8 Å². The summed E-state index contributed by atoms with van der Waals surface area (Å²) in [5, 5.41) is 0. The summed E-state index contributed by atoms with van der Waals surface area (Å²) in [7, 11) is -1.27. The second kappa shape index (κ2) is 5.96. The van der Waals surface area contributed by atoms with Crippen molar-refractivity contribution in [2.75, 3.05) is 18.1 Å². The zero-order valence-electron chi connectivity index (χ0n) is 9.40. The quantitative estimate of drug-likeness (QED) is 0.807. The lowest BCUT2D eigenvalue weighted by molar-refractivity contribution is 0.0916. The molecule has 0 radical (unpaired) electrons. The Hall–Kier alpha value is -0.940. The second-order valence-electron chi connectivity index (χ2n) is 3.69. The Morgan fingerprint density at radius 1 is 1.44 bits per heavy atom. The van der Waals surface area contributed by atoms with E-state index in [1.54, 1.807) is 0 Å². The molecule has 0 spiro atoms. The van der Waals surface area contributed by atoms with Gasteiger partial charge in [0.1, 0.15) is 5.82 Å². The van der Waals surface area contributed by atoms with Gasteiger partial charge in [0.05, 0.1) is 29.3 Å². The van der Waals surface area contributed by atoms with Crippen LogP contribution in [0.25, 0.3) is 0 Å². The van der Waals surface area contributed by atoms with Gasteiger partial charge in [0, 0.05) is 10.6 Å². The number of anilines is 1. The van der Waals surface area contributed by atoms with E-state index in [0.29, 0.717) is 17.3 Å². The van der Waals surface area contributed by atoms with Crippen LogP contribution >= 0.6 is 0 Å². The fraction of sp³-hybridized carbons (Fsp3) is 0.455. The summed E-state index contributed by atoms with van der Waals surface area (Å²) in [5.41, 5.74) is 5.75. The number of benzene rings is 1. The van der Waals surface area contributed by atoms with Gasteiger partial charge in [-0.15, -0.1) is 0 Å². The highest BCUT2D eigenvalue weighted by molar-refractivity contribution is 7.85. The maximum atomic E-state index is 13.0. The number of hydrogen-bond donors (Lipinski definition) is 1. The van der Waals surface area contributed by atoms with Gasteiger partial charge in [0.15, 0.2) is 0 Å². The highest BCUT2D eigenvalue weighted by Crippen LogP contribution is 2.14. The summed E-state index contributed by atoms with van der Waals surface area (Å²) in [6.07, 6.45) is 0.106. The zero-order chi connectivity index (χ0) is 12.1. The minimum Gasteiger partial charge on any atom is -0.399 e. The summed E-state index contributed by atoms with van der Waals surface area (Å²) < 4.78 is 30.0. The highest BCUT2D eigenvalue weighted by atomic mass is 32.2. The molecule has 0 heterocycles. The number of nitrogens with two attached hydrogens (primary N) is 1. The largest absolute Gasteiger partial charge is 0.399 e. The van der Waals surface area contributed by atoms with E-state index in [9.17, 15) is 8.60 Å². The van der Waals surface area contributed by atoms with Crippen molar-refractivity contribution in [1.82, 2.24) is 0 Å². The molecule has 0 saturated carbocycles. The molecule has 1 atom stereocenters. The first-order valence-corrected chi connectivity index (χ1v) is 6.37. The van der Waals surface area contributed by atoms with Crippen molar-refractivity contribution in [2.45, 2.75) is 24.8 Å². The van der Waals surface area contributed by atoms with E-state index in [0.717, 1.165) is 0 Å². The Morgan fingerprint density at radius 3 is 2.69 bits per heavy atom. The molecular weight excluding hydrogens is 229 g/mol. The first-order valence-electron chi connectivity index (χ1n) is 5.05. The van der Waals surface area contributed by atoms with Gasteiger partial charge in [0.2, 0.25) is 0 Å². The molecule has 0 aromatic heterocycles. The molecule has 0 aliphatic heterocycles. The van der Waals surface area contributed by atoms with Crippen LogP contribution in [-0.4, -0.2) is 22.7 Å². The van der Waals surface area contributed by atoms with Crippen LogP contribution < -0.4 is 5.73 Å². The van der Waals surface area contributed by atoms with Crippen LogP contribution in [0.3, 0.4) is 0 Å². The first-order chi connectivity index (χ1) is 7.49. The summed E-state index contributed by atoms with van der Waals surface area (Å²) in [4.78, 5) is 0.407. The Morgan fingerprint density at radius 2 is 2.12 bits per heavy atom. The minimum atomic E-state index is -1.27. The Bertz CT molecular complexity index is 362. The second-order valence-corrected chi connectivity index (χ2v) is 5.26. The Balaban J connectivity index is 2.59. The van der Waals surface area contributed by atoms with Gasteiger partial charge in [-0.05, 0) is 32.0 Å². The number of hydrogen-bond acceptors (Lipinski definition) is 3. The third-order valence-electron chi connectivity index (χ3n) is 1.88. The van der Waals surface area contributed by atoms with Crippen LogP contribution in [0.5, 0.6) is 0 Å². The van der Waals surface area contributed by atoms with Crippen molar-refractivity contribution in [3.63, 3.8) is 0 Å². The van der Waals surface area contributed by atoms with Gasteiger partial charge in [0.25, 0.3) is 0 Å². The van der Waals surface area contributed by atoms with Crippen molar-refractivity contribution >= 4 is 16.5 Å². The van der Waals surface area contributed by atoms with Crippen LogP contribution in [0.4, 0.5) is 10.1 Å². The van der Waals surface area contributed by atoms with E-state index in [1.807, 2.05) is 13.8 Å². The van der Waals surface area contributed by atoms with Crippen LogP contribution in [-0.2, 0) is 15.5 Å². The molecule has 0 amide bonds. The summed E-state index contributed by atoms with van der Waals surface area (Å²) in [6.45, 7) is 4.20. The molecule has 2 N–H and O–H groups in total. The lowest BCUT2D eigenvalue weighted by Gasteiger charge is -2.07. The fourth-order valence-electron chi connectivity index (χ4n) is 1.19. The van der Waals surface area contributed by atoms with Crippen LogP contribution in [0.2, 0.25) is 0 Å². The SMILES string of the molecule is CC(C)OCCS(=O)c1cc(N)cc(F)c1. The molecular formula is C11H16FNO2S. The van der Waals surface area contributed by atoms with Gasteiger partial charge >= 0.3 is 0 Å². The molecule has 5 heteroatoms. The van der Waals surface area contributed by atoms with Gasteiger partial charge in [-0.1, -0.05) is 0 Å². The number of nitrogen functional groups attached to an aromatic ring is 1. The van der Waals surface area contributed by atoms with Gasteiger partial charge < -0.3 is 10.5 Å².